The fourth-order valence-corrected chi connectivity index (χ4v) is 1.67. The zero-order valence-electron chi connectivity index (χ0n) is 10.6. The Morgan fingerprint density at radius 2 is 1.94 bits per heavy atom. The molecule has 0 radical (unpaired) electrons. The first-order chi connectivity index (χ1) is 8.69. The Kier molecular flexibility index (Phi) is 6.13. The molecule has 0 aromatic carbocycles. The van der Waals surface area contributed by atoms with Gasteiger partial charge in [-0.25, -0.2) is 0 Å². The summed E-state index contributed by atoms with van der Waals surface area (Å²) in [6.45, 7) is 2.74. The standard InChI is InChI=1S/C11H19N3O4/c1-18-8-2-3-12-10(16)11(17)14-6-4-13(9-15)5-7-14/h9H,2-8H2,1H3,(H,12,16). The monoisotopic (exact) mass is 257 g/mol. The van der Waals surface area contributed by atoms with Gasteiger partial charge in [-0.15, -0.1) is 0 Å². The van der Waals surface area contributed by atoms with E-state index in [-0.39, 0.29) is 0 Å². The van der Waals surface area contributed by atoms with Crippen molar-refractivity contribution in [2.75, 3.05) is 46.4 Å². The molecule has 1 rings (SSSR count). The van der Waals surface area contributed by atoms with E-state index in [4.69, 9.17) is 4.74 Å². The highest BCUT2D eigenvalue weighted by atomic mass is 16.5. The summed E-state index contributed by atoms with van der Waals surface area (Å²) < 4.78 is 4.84. The molecule has 0 aromatic rings. The second-order valence-corrected chi connectivity index (χ2v) is 4.04. The van der Waals surface area contributed by atoms with Crippen molar-refractivity contribution in [1.29, 1.82) is 0 Å². The van der Waals surface area contributed by atoms with Crippen LogP contribution in [0.4, 0.5) is 0 Å². The van der Waals surface area contributed by atoms with Crippen molar-refractivity contribution < 1.29 is 19.1 Å². The zero-order chi connectivity index (χ0) is 13.4. The Bertz CT molecular complexity index is 301. The lowest BCUT2D eigenvalue weighted by atomic mass is 10.3. The first kappa shape index (κ1) is 14.4. The van der Waals surface area contributed by atoms with E-state index in [1.54, 1.807) is 12.0 Å². The van der Waals surface area contributed by atoms with Crippen LogP contribution in [0.1, 0.15) is 6.42 Å². The number of ether oxygens (including phenoxy) is 1. The van der Waals surface area contributed by atoms with Crippen molar-refractivity contribution in [3.05, 3.63) is 0 Å². The van der Waals surface area contributed by atoms with Crippen LogP contribution in [0.3, 0.4) is 0 Å². The summed E-state index contributed by atoms with van der Waals surface area (Å²) in [6, 6.07) is 0. The molecule has 1 aliphatic heterocycles. The molecule has 0 atom stereocenters. The number of hydrogen-bond donors (Lipinski definition) is 1. The molecule has 7 nitrogen and oxygen atoms in total. The number of piperazine rings is 1. The van der Waals surface area contributed by atoms with Crippen molar-refractivity contribution in [2.24, 2.45) is 0 Å². The average molecular weight is 257 g/mol. The number of nitrogens with zero attached hydrogens (tertiary/aromatic N) is 2. The van der Waals surface area contributed by atoms with Crippen LogP contribution in [0.15, 0.2) is 0 Å². The highest BCUT2D eigenvalue weighted by molar-refractivity contribution is 6.35. The summed E-state index contributed by atoms with van der Waals surface area (Å²) >= 11 is 0. The molecule has 0 unspecified atom stereocenters. The smallest absolute Gasteiger partial charge is 0.312 e. The number of amides is 3. The summed E-state index contributed by atoms with van der Waals surface area (Å²) in [7, 11) is 1.58. The minimum atomic E-state index is -0.592. The van der Waals surface area contributed by atoms with Gasteiger partial charge in [0.15, 0.2) is 0 Å². The number of carbonyl (C=O) groups excluding carboxylic acids is 3. The second kappa shape index (κ2) is 7.65. The van der Waals surface area contributed by atoms with Gasteiger partial charge in [-0.05, 0) is 6.42 Å². The molecule has 1 saturated heterocycles. The Balaban J connectivity index is 2.27. The van der Waals surface area contributed by atoms with Crippen molar-refractivity contribution in [3.8, 4) is 0 Å². The highest BCUT2D eigenvalue weighted by Gasteiger charge is 2.24. The maximum Gasteiger partial charge on any atom is 0.312 e. The van der Waals surface area contributed by atoms with Crippen molar-refractivity contribution >= 4 is 18.2 Å². The highest BCUT2D eigenvalue weighted by Crippen LogP contribution is 1.99. The molecule has 0 spiro atoms. The van der Waals surface area contributed by atoms with Crippen LogP contribution in [0.2, 0.25) is 0 Å². The van der Waals surface area contributed by atoms with E-state index >= 15 is 0 Å². The molecule has 0 bridgehead atoms. The van der Waals surface area contributed by atoms with E-state index in [0.29, 0.717) is 45.8 Å². The molecule has 1 N–H and O–H groups in total. The van der Waals surface area contributed by atoms with Crippen LogP contribution in [-0.2, 0) is 19.1 Å². The molecule has 1 heterocycles. The maximum absolute atomic E-state index is 11.7. The van der Waals surface area contributed by atoms with Gasteiger partial charge in [0.25, 0.3) is 0 Å². The predicted octanol–water partition coefficient (Wildman–Crippen LogP) is -1.56. The lowest BCUT2D eigenvalue weighted by Crippen LogP contribution is -2.52. The molecular weight excluding hydrogens is 238 g/mol. The zero-order valence-corrected chi connectivity index (χ0v) is 10.6. The van der Waals surface area contributed by atoms with Gasteiger partial charge in [0, 0.05) is 46.4 Å². The Labute approximate surface area is 106 Å². The maximum atomic E-state index is 11.7. The minimum Gasteiger partial charge on any atom is -0.385 e. The van der Waals surface area contributed by atoms with E-state index in [0.717, 1.165) is 6.41 Å². The van der Waals surface area contributed by atoms with E-state index in [1.165, 1.54) is 4.90 Å². The molecule has 0 saturated carbocycles. The third kappa shape index (κ3) is 4.33. The van der Waals surface area contributed by atoms with Crippen molar-refractivity contribution in [1.82, 2.24) is 15.1 Å². The molecule has 3 amide bonds. The van der Waals surface area contributed by atoms with Gasteiger partial charge in [0.2, 0.25) is 6.41 Å². The fraction of sp³-hybridized carbons (Fsp3) is 0.727. The van der Waals surface area contributed by atoms with Gasteiger partial charge in [-0.3, -0.25) is 14.4 Å². The third-order valence-corrected chi connectivity index (χ3v) is 2.76. The van der Waals surface area contributed by atoms with Gasteiger partial charge < -0.3 is 19.9 Å². The lowest BCUT2D eigenvalue weighted by Gasteiger charge is -2.31. The van der Waals surface area contributed by atoms with Crippen LogP contribution in [-0.4, -0.2) is 74.5 Å². The molecule has 7 heteroatoms. The molecule has 0 aromatic heterocycles. The predicted molar refractivity (Wildman–Crippen MR) is 63.7 cm³/mol. The van der Waals surface area contributed by atoms with Crippen LogP contribution < -0.4 is 5.32 Å². The Morgan fingerprint density at radius 1 is 1.28 bits per heavy atom. The molecule has 18 heavy (non-hydrogen) atoms. The Morgan fingerprint density at radius 3 is 2.50 bits per heavy atom. The molecule has 1 aliphatic rings. The van der Waals surface area contributed by atoms with Gasteiger partial charge in [-0.1, -0.05) is 0 Å². The summed E-state index contributed by atoms with van der Waals surface area (Å²) in [5.74, 6) is -1.12. The van der Waals surface area contributed by atoms with Crippen LogP contribution in [0, 0.1) is 0 Å². The second-order valence-electron chi connectivity index (χ2n) is 4.04. The number of methoxy groups -OCH3 is 1. The van der Waals surface area contributed by atoms with Crippen LogP contribution in [0.5, 0.6) is 0 Å². The number of hydrogen-bond acceptors (Lipinski definition) is 4. The fourth-order valence-electron chi connectivity index (χ4n) is 1.67. The van der Waals surface area contributed by atoms with E-state index in [1.807, 2.05) is 0 Å². The molecule has 1 fully saturated rings. The normalized spacial score (nSPS) is 15.4. The number of carbonyl (C=O) groups is 3. The van der Waals surface area contributed by atoms with Crippen molar-refractivity contribution in [3.63, 3.8) is 0 Å². The number of nitrogens with one attached hydrogen (secondary N) is 1. The Hall–Kier alpha value is -1.63. The van der Waals surface area contributed by atoms with E-state index < -0.39 is 11.8 Å². The first-order valence-electron chi connectivity index (χ1n) is 5.94. The summed E-state index contributed by atoms with van der Waals surface area (Å²) in [4.78, 5) is 36.8. The molecular formula is C11H19N3O4. The van der Waals surface area contributed by atoms with Gasteiger partial charge >= 0.3 is 11.8 Å². The van der Waals surface area contributed by atoms with Gasteiger partial charge in [-0.2, -0.15) is 0 Å². The summed E-state index contributed by atoms with van der Waals surface area (Å²) in [5.41, 5.74) is 0. The lowest BCUT2D eigenvalue weighted by molar-refractivity contribution is -0.147. The molecule has 0 aliphatic carbocycles. The quantitative estimate of drug-likeness (QED) is 0.367. The van der Waals surface area contributed by atoms with Gasteiger partial charge in [0.05, 0.1) is 0 Å². The SMILES string of the molecule is COCCCNC(=O)C(=O)N1CCN(C=O)CC1. The third-order valence-electron chi connectivity index (χ3n) is 2.76. The molecule has 102 valence electrons. The summed E-state index contributed by atoms with van der Waals surface area (Å²) in [5, 5.41) is 2.55. The average Bonchev–Trinajstić information content (AvgIpc) is 2.42. The summed E-state index contributed by atoms with van der Waals surface area (Å²) in [6.07, 6.45) is 1.43. The first-order valence-corrected chi connectivity index (χ1v) is 5.94. The topological polar surface area (TPSA) is 79.0 Å². The van der Waals surface area contributed by atoms with E-state index in [9.17, 15) is 14.4 Å². The number of rotatable bonds is 5. The van der Waals surface area contributed by atoms with Crippen LogP contribution in [0.25, 0.3) is 0 Å². The van der Waals surface area contributed by atoms with Gasteiger partial charge in [0.1, 0.15) is 0 Å². The largest absolute Gasteiger partial charge is 0.385 e. The van der Waals surface area contributed by atoms with Crippen molar-refractivity contribution in [2.45, 2.75) is 6.42 Å². The minimum absolute atomic E-state index is 0.406. The van der Waals surface area contributed by atoms with Crippen LogP contribution >= 0.6 is 0 Å². The van der Waals surface area contributed by atoms with E-state index in [2.05, 4.69) is 5.32 Å².